The molecular formula is C24H30N2O3. The fourth-order valence-electron chi connectivity index (χ4n) is 4.70. The Morgan fingerprint density at radius 1 is 0.759 bits per heavy atom. The maximum Gasteiger partial charge on any atom is 0.196 e. The van der Waals surface area contributed by atoms with Crippen LogP contribution >= 0.6 is 0 Å². The second-order valence-electron chi connectivity index (χ2n) is 8.16. The fraction of sp³-hybridized carbons (Fsp3) is 0.458. The number of phenols is 2. The third-order valence-electron chi connectivity index (χ3n) is 6.21. The van der Waals surface area contributed by atoms with Gasteiger partial charge in [-0.25, -0.2) is 0 Å². The molecule has 5 heteroatoms. The molecule has 2 heterocycles. The highest BCUT2D eigenvalue weighted by Crippen LogP contribution is 2.42. The third kappa shape index (κ3) is 4.16. The zero-order valence-electron chi connectivity index (χ0n) is 16.9. The summed E-state index contributed by atoms with van der Waals surface area (Å²) in [6.45, 7) is 3.77. The average Bonchev–Trinajstić information content (AvgIpc) is 2.78. The zero-order valence-corrected chi connectivity index (χ0v) is 16.9. The number of carbonyl (C=O) groups excluding carboxylic acids is 1. The van der Waals surface area contributed by atoms with Crippen molar-refractivity contribution in [2.75, 3.05) is 26.2 Å². The molecule has 2 N–H and O–H groups in total. The van der Waals surface area contributed by atoms with Crippen LogP contribution < -0.4 is 0 Å². The lowest BCUT2D eigenvalue weighted by Crippen LogP contribution is -2.46. The van der Waals surface area contributed by atoms with Crippen molar-refractivity contribution in [3.8, 4) is 11.5 Å². The molecule has 0 unspecified atom stereocenters. The normalized spacial score (nSPS) is 18.8. The quantitative estimate of drug-likeness (QED) is 0.741. The van der Waals surface area contributed by atoms with Crippen molar-refractivity contribution in [2.45, 2.75) is 44.7 Å². The van der Waals surface area contributed by atoms with Gasteiger partial charge in [-0.1, -0.05) is 43.2 Å². The molecule has 0 spiro atoms. The minimum atomic E-state index is -0.222. The number of hydrogen-bond acceptors (Lipinski definition) is 5. The zero-order chi connectivity index (χ0) is 20.2. The summed E-state index contributed by atoms with van der Waals surface area (Å²) in [6, 6.07) is 12.1. The van der Waals surface area contributed by atoms with Crippen LogP contribution in [0.4, 0.5) is 0 Å². The lowest BCUT2D eigenvalue weighted by atomic mass is 9.95. The number of benzene rings is 2. The molecule has 2 aliphatic rings. The van der Waals surface area contributed by atoms with Gasteiger partial charge in [0.1, 0.15) is 11.5 Å². The molecule has 2 aliphatic heterocycles. The maximum absolute atomic E-state index is 13.0. The van der Waals surface area contributed by atoms with Gasteiger partial charge in [-0.05, 0) is 64.0 Å². The van der Waals surface area contributed by atoms with Crippen molar-refractivity contribution in [1.29, 1.82) is 0 Å². The number of carbonyl (C=O) groups is 1. The van der Waals surface area contributed by atoms with E-state index < -0.39 is 0 Å². The molecule has 0 saturated carbocycles. The summed E-state index contributed by atoms with van der Waals surface area (Å²) in [5.41, 5.74) is 1.27. The molecule has 0 amide bonds. The molecule has 0 aliphatic carbocycles. The lowest BCUT2D eigenvalue weighted by molar-refractivity contribution is 0.0128. The second kappa shape index (κ2) is 8.97. The fourth-order valence-corrected chi connectivity index (χ4v) is 4.70. The van der Waals surface area contributed by atoms with E-state index in [2.05, 4.69) is 9.80 Å². The summed E-state index contributed by atoms with van der Waals surface area (Å²) in [4.78, 5) is 17.8. The Bertz CT molecular complexity index is 823. The molecular weight excluding hydrogens is 364 g/mol. The van der Waals surface area contributed by atoms with E-state index in [9.17, 15) is 15.0 Å². The smallest absolute Gasteiger partial charge is 0.196 e. The van der Waals surface area contributed by atoms with Crippen molar-refractivity contribution in [3.63, 3.8) is 0 Å². The van der Waals surface area contributed by atoms with E-state index in [0.29, 0.717) is 11.1 Å². The Balaban J connectivity index is 1.76. The number of phenolic OH excluding ortho intramolecular Hbond substituents is 2. The Kier molecular flexibility index (Phi) is 6.16. The largest absolute Gasteiger partial charge is 0.507 e. The lowest BCUT2D eigenvalue weighted by Gasteiger charge is -2.43. The third-order valence-corrected chi connectivity index (χ3v) is 6.21. The van der Waals surface area contributed by atoms with Crippen LogP contribution in [-0.4, -0.2) is 52.0 Å². The van der Waals surface area contributed by atoms with Gasteiger partial charge in [-0.15, -0.1) is 0 Å². The highest BCUT2D eigenvalue weighted by atomic mass is 16.3. The SMILES string of the molecule is O=C(c1ccccc1)c1ccc(O)c(C(N2CCCCC2)N2CCCCC2)c1O. The Morgan fingerprint density at radius 3 is 1.86 bits per heavy atom. The van der Waals surface area contributed by atoms with Crippen LogP contribution in [0.2, 0.25) is 0 Å². The van der Waals surface area contributed by atoms with Gasteiger partial charge in [0.05, 0.1) is 17.3 Å². The molecule has 29 heavy (non-hydrogen) atoms. The summed E-state index contributed by atoms with van der Waals surface area (Å²) >= 11 is 0. The number of hydrogen-bond donors (Lipinski definition) is 2. The van der Waals surface area contributed by atoms with Crippen molar-refractivity contribution in [1.82, 2.24) is 9.80 Å². The molecule has 2 aromatic rings. The first-order valence-corrected chi connectivity index (χ1v) is 10.8. The van der Waals surface area contributed by atoms with Crippen molar-refractivity contribution in [2.24, 2.45) is 0 Å². The topological polar surface area (TPSA) is 64.0 Å². The summed E-state index contributed by atoms with van der Waals surface area (Å²) in [6.07, 6.45) is 6.71. The van der Waals surface area contributed by atoms with E-state index in [4.69, 9.17) is 0 Å². The summed E-state index contributed by atoms with van der Waals surface area (Å²) in [5.74, 6) is -0.242. The molecule has 5 nitrogen and oxygen atoms in total. The minimum Gasteiger partial charge on any atom is -0.507 e. The molecule has 2 aromatic carbocycles. The minimum absolute atomic E-state index is 0.0632. The number of piperidine rings is 2. The molecule has 154 valence electrons. The molecule has 2 fully saturated rings. The Hall–Kier alpha value is -2.37. The van der Waals surface area contributed by atoms with E-state index >= 15 is 0 Å². The first-order valence-electron chi connectivity index (χ1n) is 10.8. The van der Waals surface area contributed by atoms with Crippen LogP contribution in [0.25, 0.3) is 0 Å². The van der Waals surface area contributed by atoms with Crippen LogP contribution in [0.15, 0.2) is 42.5 Å². The predicted octanol–water partition coefficient (Wildman–Crippen LogP) is 4.30. The maximum atomic E-state index is 13.0. The number of ketones is 1. The van der Waals surface area contributed by atoms with Crippen LogP contribution in [0.1, 0.15) is 66.2 Å². The highest BCUT2D eigenvalue weighted by molar-refractivity contribution is 6.11. The summed E-state index contributed by atoms with van der Waals surface area (Å²) in [7, 11) is 0. The van der Waals surface area contributed by atoms with Gasteiger partial charge in [0, 0.05) is 5.56 Å². The highest BCUT2D eigenvalue weighted by Gasteiger charge is 2.34. The summed E-state index contributed by atoms with van der Waals surface area (Å²) in [5, 5.41) is 22.0. The number of nitrogens with zero attached hydrogens (tertiary/aromatic N) is 2. The molecule has 0 radical (unpaired) electrons. The van der Waals surface area contributed by atoms with Gasteiger partial charge < -0.3 is 10.2 Å². The van der Waals surface area contributed by atoms with E-state index in [0.717, 1.165) is 51.9 Å². The number of aromatic hydroxyl groups is 2. The molecule has 0 bridgehead atoms. The van der Waals surface area contributed by atoms with Gasteiger partial charge in [-0.3, -0.25) is 14.6 Å². The van der Waals surface area contributed by atoms with E-state index in [1.807, 2.05) is 18.2 Å². The van der Waals surface area contributed by atoms with E-state index in [1.165, 1.54) is 18.9 Å². The van der Waals surface area contributed by atoms with E-state index in [-0.39, 0.29) is 29.0 Å². The van der Waals surface area contributed by atoms with Crippen molar-refractivity contribution < 1.29 is 15.0 Å². The first-order chi connectivity index (χ1) is 14.2. The number of likely N-dealkylation sites (tertiary alicyclic amines) is 2. The van der Waals surface area contributed by atoms with Crippen molar-refractivity contribution in [3.05, 3.63) is 59.2 Å². The molecule has 0 aromatic heterocycles. The predicted molar refractivity (Wildman–Crippen MR) is 113 cm³/mol. The number of rotatable bonds is 5. The van der Waals surface area contributed by atoms with Crippen LogP contribution in [0.5, 0.6) is 11.5 Å². The van der Waals surface area contributed by atoms with Crippen molar-refractivity contribution >= 4 is 5.78 Å². The van der Waals surface area contributed by atoms with Crippen LogP contribution in [0.3, 0.4) is 0 Å². The molecule has 4 rings (SSSR count). The van der Waals surface area contributed by atoms with Crippen LogP contribution in [-0.2, 0) is 0 Å². The van der Waals surface area contributed by atoms with E-state index in [1.54, 1.807) is 18.2 Å². The molecule has 0 atom stereocenters. The second-order valence-corrected chi connectivity index (χ2v) is 8.16. The summed E-state index contributed by atoms with van der Waals surface area (Å²) < 4.78 is 0. The van der Waals surface area contributed by atoms with Crippen LogP contribution in [0, 0.1) is 0 Å². The van der Waals surface area contributed by atoms with Gasteiger partial charge in [0.25, 0.3) is 0 Å². The standard InChI is InChI=1S/C24H30N2O3/c27-20-13-12-19(22(28)18-10-4-1-5-11-18)23(29)21(20)24(25-14-6-2-7-15-25)26-16-8-3-9-17-26/h1,4-5,10-13,24,27,29H,2-3,6-9,14-17H2. The Labute approximate surface area is 172 Å². The monoisotopic (exact) mass is 394 g/mol. The Morgan fingerprint density at radius 2 is 1.31 bits per heavy atom. The first kappa shape index (κ1) is 19.9. The van der Waals surface area contributed by atoms with Gasteiger partial charge in [-0.2, -0.15) is 0 Å². The van der Waals surface area contributed by atoms with Gasteiger partial charge >= 0.3 is 0 Å². The van der Waals surface area contributed by atoms with Gasteiger partial charge in [0.15, 0.2) is 5.78 Å². The molecule has 2 saturated heterocycles. The average molecular weight is 395 g/mol. The van der Waals surface area contributed by atoms with Gasteiger partial charge in [0.2, 0.25) is 0 Å².